The van der Waals surface area contributed by atoms with Crippen molar-refractivity contribution >= 4 is 23.1 Å². The molecule has 1 heterocycles. The largest absolute Gasteiger partial charge is 0.573 e. The van der Waals surface area contributed by atoms with Gasteiger partial charge in [-0.15, -0.1) is 13.2 Å². The van der Waals surface area contributed by atoms with Gasteiger partial charge in [-0.05, 0) is 66.3 Å². The third kappa shape index (κ3) is 5.94. The number of carboxylic acids is 1. The molecule has 36 heavy (non-hydrogen) atoms. The molecule has 0 fully saturated rings. The van der Waals surface area contributed by atoms with E-state index in [1.54, 1.807) is 24.3 Å². The fourth-order valence-corrected chi connectivity index (χ4v) is 4.90. The van der Waals surface area contributed by atoms with Gasteiger partial charge < -0.3 is 14.6 Å². The van der Waals surface area contributed by atoms with Crippen LogP contribution in [0.3, 0.4) is 0 Å². The highest BCUT2D eigenvalue weighted by atomic mass is 32.2. The summed E-state index contributed by atoms with van der Waals surface area (Å²) in [6.07, 6.45) is -1.44. The predicted molar refractivity (Wildman–Crippen MR) is 125 cm³/mol. The van der Waals surface area contributed by atoms with Crippen LogP contribution in [0, 0.1) is 0 Å². The topological polar surface area (TPSA) is 109 Å². The second-order valence-electron chi connectivity index (χ2n) is 7.95. The molecule has 1 aliphatic rings. The summed E-state index contributed by atoms with van der Waals surface area (Å²) in [5.74, 6) is -0.805. The van der Waals surface area contributed by atoms with Crippen molar-refractivity contribution in [2.45, 2.75) is 31.7 Å². The van der Waals surface area contributed by atoms with Crippen molar-refractivity contribution in [1.82, 2.24) is 4.98 Å². The standard InChI is InChI=1S/C24H21F3N2O6S/c25-24(26,27)35-17-10-7-15(8-11-17)16-9-12-22(28-13-16)29(36(32)33)20-5-1-4-19-18(20)3-2-6-21(19)34-14-23(30)31/h2-3,6-13,20H,1,4-5,14H2,(H,30,31)(H,32,33). The molecule has 2 N–H and O–H groups in total. The lowest BCUT2D eigenvalue weighted by Crippen LogP contribution is -2.33. The summed E-state index contributed by atoms with van der Waals surface area (Å²) in [5, 5.41) is 8.94. The van der Waals surface area contributed by atoms with E-state index in [-0.39, 0.29) is 11.6 Å². The third-order valence-electron chi connectivity index (χ3n) is 5.63. The van der Waals surface area contributed by atoms with Crippen molar-refractivity contribution < 1.29 is 41.3 Å². The van der Waals surface area contributed by atoms with Crippen LogP contribution in [0.2, 0.25) is 0 Å². The number of ether oxygens (including phenoxy) is 2. The molecule has 0 spiro atoms. The zero-order chi connectivity index (χ0) is 25.9. The van der Waals surface area contributed by atoms with Gasteiger partial charge in [0.25, 0.3) is 11.3 Å². The van der Waals surface area contributed by atoms with Crippen LogP contribution in [0.4, 0.5) is 19.0 Å². The molecule has 0 saturated carbocycles. The Morgan fingerprint density at radius 1 is 1.11 bits per heavy atom. The van der Waals surface area contributed by atoms with Gasteiger partial charge in [0.15, 0.2) is 6.61 Å². The molecular formula is C24H21F3N2O6S. The van der Waals surface area contributed by atoms with Gasteiger partial charge in [-0.25, -0.2) is 18.3 Å². The highest BCUT2D eigenvalue weighted by Gasteiger charge is 2.32. The summed E-state index contributed by atoms with van der Waals surface area (Å²) in [7, 11) is 0. The van der Waals surface area contributed by atoms with Gasteiger partial charge in [0, 0.05) is 11.8 Å². The van der Waals surface area contributed by atoms with Crippen LogP contribution in [0.5, 0.6) is 11.5 Å². The van der Waals surface area contributed by atoms with Gasteiger partial charge in [0.2, 0.25) is 0 Å². The molecule has 0 aliphatic heterocycles. The maximum Gasteiger partial charge on any atom is 0.573 e. The average Bonchev–Trinajstić information content (AvgIpc) is 2.83. The SMILES string of the molecule is O=C(O)COc1cccc2c1CCCC2N(c1ccc(-c2ccc(OC(F)(F)F)cc2)cn1)S(=O)O. The number of fused-ring (bicyclic) bond motifs is 1. The average molecular weight is 523 g/mol. The number of carboxylic acid groups (broad SMARTS) is 1. The lowest BCUT2D eigenvalue weighted by atomic mass is 9.87. The molecule has 2 aromatic carbocycles. The van der Waals surface area contributed by atoms with Crippen LogP contribution in [0.1, 0.15) is 30.0 Å². The van der Waals surface area contributed by atoms with Crippen molar-refractivity contribution in [1.29, 1.82) is 0 Å². The Hall–Kier alpha value is -3.64. The number of halogens is 3. The minimum absolute atomic E-state index is 0.228. The molecule has 8 nitrogen and oxygen atoms in total. The first-order valence-electron chi connectivity index (χ1n) is 10.8. The maximum absolute atomic E-state index is 12.4. The first-order chi connectivity index (χ1) is 17.1. The number of alkyl halides is 3. The quantitative estimate of drug-likeness (QED) is 0.395. The van der Waals surface area contributed by atoms with Gasteiger partial charge in [-0.2, -0.15) is 0 Å². The Morgan fingerprint density at radius 2 is 1.83 bits per heavy atom. The minimum atomic E-state index is -4.78. The zero-order valence-corrected chi connectivity index (χ0v) is 19.5. The van der Waals surface area contributed by atoms with Gasteiger partial charge >= 0.3 is 12.3 Å². The molecule has 1 aromatic heterocycles. The Bertz CT molecular complexity index is 1250. The van der Waals surface area contributed by atoms with E-state index < -0.39 is 36.2 Å². The van der Waals surface area contributed by atoms with Crippen LogP contribution < -0.4 is 13.8 Å². The Morgan fingerprint density at radius 3 is 2.44 bits per heavy atom. The van der Waals surface area contributed by atoms with E-state index in [0.717, 1.165) is 11.1 Å². The normalized spacial score (nSPS) is 16.1. The number of hydrogen-bond donors (Lipinski definition) is 2. The fourth-order valence-electron chi connectivity index (χ4n) is 4.19. The number of carbonyl (C=O) groups is 1. The second kappa shape index (κ2) is 10.5. The number of pyridine rings is 1. The first kappa shape index (κ1) is 25.5. The van der Waals surface area contributed by atoms with Crippen molar-refractivity contribution in [2.75, 3.05) is 10.9 Å². The summed E-state index contributed by atoms with van der Waals surface area (Å²) in [4.78, 5) is 15.3. The van der Waals surface area contributed by atoms with Crippen LogP contribution in [-0.2, 0) is 22.5 Å². The van der Waals surface area contributed by atoms with Gasteiger partial charge in [0.05, 0.1) is 6.04 Å². The first-order valence-corrected chi connectivity index (χ1v) is 11.9. The maximum atomic E-state index is 12.4. The fraction of sp³-hybridized carbons (Fsp3) is 0.250. The van der Waals surface area contributed by atoms with Crippen LogP contribution >= 0.6 is 0 Å². The lowest BCUT2D eigenvalue weighted by molar-refractivity contribution is -0.274. The number of anilines is 1. The van der Waals surface area contributed by atoms with Gasteiger partial charge in [-0.3, -0.25) is 4.55 Å². The van der Waals surface area contributed by atoms with E-state index in [9.17, 15) is 26.7 Å². The number of rotatable bonds is 8. The van der Waals surface area contributed by atoms with Crippen LogP contribution in [0.15, 0.2) is 60.8 Å². The molecular weight excluding hydrogens is 501 g/mol. The van der Waals surface area contributed by atoms with E-state index in [1.807, 2.05) is 6.07 Å². The lowest BCUT2D eigenvalue weighted by Gasteiger charge is -2.34. The molecule has 0 amide bonds. The smallest absolute Gasteiger partial charge is 0.482 e. The zero-order valence-electron chi connectivity index (χ0n) is 18.6. The second-order valence-corrected chi connectivity index (χ2v) is 8.80. The van der Waals surface area contributed by atoms with E-state index in [0.29, 0.717) is 36.1 Å². The van der Waals surface area contributed by atoms with E-state index in [2.05, 4.69) is 9.72 Å². The number of aliphatic carboxylic acids is 1. The van der Waals surface area contributed by atoms with Crippen molar-refractivity contribution in [2.24, 2.45) is 0 Å². The van der Waals surface area contributed by atoms with Crippen molar-refractivity contribution in [3.63, 3.8) is 0 Å². The molecule has 4 rings (SSSR count). The Kier molecular flexibility index (Phi) is 7.45. The molecule has 12 heteroatoms. The number of aromatic nitrogens is 1. The van der Waals surface area contributed by atoms with Crippen molar-refractivity contribution in [3.8, 4) is 22.6 Å². The summed E-state index contributed by atoms with van der Waals surface area (Å²) in [6, 6.07) is 13.2. The molecule has 190 valence electrons. The Labute approximate surface area is 206 Å². The molecule has 1 aliphatic carbocycles. The summed E-state index contributed by atoms with van der Waals surface area (Å²) in [6.45, 7) is -0.497. The molecule has 0 radical (unpaired) electrons. The number of benzene rings is 2. The number of nitrogens with zero attached hydrogens (tertiary/aromatic N) is 2. The summed E-state index contributed by atoms with van der Waals surface area (Å²) in [5.41, 5.74) is 2.71. The molecule has 3 aromatic rings. The van der Waals surface area contributed by atoms with Crippen molar-refractivity contribution in [3.05, 3.63) is 71.9 Å². The van der Waals surface area contributed by atoms with Gasteiger partial charge in [0.1, 0.15) is 17.3 Å². The highest BCUT2D eigenvalue weighted by molar-refractivity contribution is 7.80. The van der Waals surface area contributed by atoms with Crippen LogP contribution in [0.25, 0.3) is 11.1 Å². The summed E-state index contributed by atoms with van der Waals surface area (Å²) >= 11 is -2.43. The summed E-state index contributed by atoms with van der Waals surface area (Å²) < 4.78 is 70.2. The van der Waals surface area contributed by atoms with E-state index in [1.165, 1.54) is 34.8 Å². The van der Waals surface area contributed by atoms with Gasteiger partial charge in [-0.1, -0.05) is 24.3 Å². The van der Waals surface area contributed by atoms with E-state index in [4.69, 9.17) is 9.84 Å². The minimum Gasteiger partial charge on any atom is -0.482 e. The predicted octanol–water partition coefficient (Wildman–Crippen LogP) is 5.13. The molecule has 0 saturated heterocycles. The monoisotopic (exact) mass is 522 g/mol. The molecule has 0 bridgehead atoms. The third-order valence-corrected chi connectivity index (χ3v) is 6.41. The Balaban J connectivity index is 1.59. The van der Waals surface area contributed by atoms with E-state index >= 15 is 0 Å². The highest BCUT2D eigenvalue weighted by Crippen LogP contribution is 2.41. The van der Waals surface area contributed by atoms with Crippen LogP contribution in [-0.4, -0.2) is 37.8 Å². The molecule has 2 atom stereocenters. The molecule has 2 unspecified atom stereocenters. The number of hydrogen-bond acceptors (Lipinski definition) is 5.